The van der Waals surface area contributed by atoms with Crippen molar-refractivity contribution in [3.8, 4) is 0 Å². The number of ether oxygens (including phenoxy) is 1. The molecule has 0 radical (unpaired) electrons. The zero-order chi connectivity index (χ0) is 29.5. The molecule has 7 nitrogen and oxygen atoms in total. The van der Waals surface area contributed by atoms with Gasteiger partial charge in [-0.05, 0) is 106 Å². The standard InChI is InChI=1S/C31H35N3O4S3/c1-5-25(28(36)34-29-27(30(37)38-6-2)24-15-10-18(3)16-26(24)41-29)40-23-9-7-8-22(17-23)33-31(39)32-21-13-11-20(12-14-21)19(4)35/h7-9,11-14,17-18,25H,5-6,10,15-16H2,1-4H3,(H,34,36)(H2,32,33,39). The van der Waals surface area contributed by atoms with Gasteiger partial charge in [0.05, 0.1) is 17.4 Å². The fraction of sp³-hybridized carbons (Fsp3) is 0.355. The van der Waals surface area contributed by atoms with E-state index in [1.54, 1.807) is 31.2 Å². The maximum absolute atomic E-state index is 13.4. The molecule has 3 aromatic rings. The van der Waals surface area contributed by atoms with Crippen LogP contribution in [0.3, 0.4) is 0 Å². The highest BCUT2D eigenvalue weighted by atomic mass is 32.2. The highest BCUT2D eigenvalue weighted by molar-refractivity contribution is 8.00. The molecule has 216 valence electrons. The Morgan fingerprint density at radius 2 is 1.80 bits per heavy atom. The van der Waals surface area contributed by atoms with Crippen molar-refractivity contribution >= 4 is 74.5 Å². The SMILES string of the molecule is CCOC(=O)c1c(NC(=O)C(CC)Sc2cccc(NC(=S)Nc3ccc(C(C)=O)cc3)c2)sc2c1CCC(C)C2. The smallest absolute Gasteiger partial charge is 0.341 e. The number of Topliss-reactive ketones (excluding diaryl/α,β-unsaturated/α-hetero) is 1. The van der Waals surface area contributed by atoms with Crippen LogP contribution in [-0.2, 0) is 22.4 Å². The molecular weight excluding hydrogens is 575 g/mol. The Morgan fingerprint density at radius 3 is 2.49 bits per heavy atom. The number of hydrogen-bond acceptors (Lipinski definition) is 7. The molecule has 0 saturated heterocycles. The maximum Gasteiger partial charge on any atom is 0.341 e. The van der Waals surface area contributed by atoms with Crippen molar-refractivity contribution in [2.75, 3.05) is 22.6 Å². The van der Waals surface area contributed by atoms with E-state index in [1.807, 2.05) is 31.2 Å². The van der Waals surface area contributed by atoms with E-state index < -0.39 is 0 Å². The van der Waals surface area contributed by atoms with Gasteiger partial charge in [0, 0.05) is 26.7 Å². The number of anilines is 3. The summed E-state index contributed by atoms with van der Waals surface area (Å²) in [5, 5.41) is 10.0. The molecule has 0 fully saturated rings. The van der Waals surface area contributed by atoms with Gasteiger partial charge in [-0.2, -0.15) is 0 Å². The third-order valence-corrected chi connectivity index (χ3v) is 9.54. The van der Waals surface area contributed by atoms with Crippen LogP contribution in [-0.4, -0.2) is 34.6 Å². The monoisotopic (exact) mass is 609 g/mol. The second-order valence-corrected chi connectivity index (χ2v) is 12.8. The van der Waals surface area contributed by atoms with Gasteiger partial charge in [0.15, 0.2) is 10.9 Å². The Kier molecular flexibility index (Phi) is 10.6. The molecule has 3 N–H and O–H groups in total. The summed E-state index contributed by atoms with van der Waals surface area (Å²) in [5.74, 6) is 0.0529. The molecule has 1 heterocycles. The van der Waals surface area contributed by atoms with E-state index in [-0.39, 0.29) is 29.5 Å². The minimum absolute atomic E-state index is 0.00853. The van der Waals surface area contributed by atoms with Crippen molar-refractivity contribution in [2.45, 2.75) is 63.5 Å². The number of carbonyl (C=O) groups is 3. The minimum Gasteiger partial charge on any atom is -0.462 e. The molecular formula is C31H35N3O4S3. The highest BCUT2D eigenvalue weighted by Gasteiger charge is 2.30. The van der Waals surface area contributed by atoms with Crippen molar-refractivity contribution in [2.24, 2.45) is 5.92 Å². The number of thiophene rings is 1. The van der Waals surface area contributed by atoms with E-state index in [0.29, 0.717) is 33.6 Å². The summed E-state index contributed by atoms with van der Waals surface area (Å²) in [6, 6.07) is 14.8. The number of thioether (sulfide) groups is 1. The van der Waals surface area contributed by atoms with E-state index in [1.165, 1.54) is 34.9 Å². The van der Waals surface area contributed by atoms with Gasteiger partial charge in [0.1, 0.15) is 5.00 Å². The molecule has 2 unspecified atom stereocenters. The summed E-state index contributed by atoms with van der Waals surface area (Å²) in [6.45, 7) is 7.80. The first-order valence-corrected chi connectivity index (χ1v) is 15.9. The molecule has 1 amide bonds. The number of benzene rings is 2. The largest absolute Gasteiger partial charge is 0.462 e. The minimum atomic E-state index is -0.367. The zero-order valence-corrected chi connectivity index (χ0v) is 26.1. The van der Waals surface area contributed by atoms with Gasteiger partial charge in [-0.25, -0.2) is 4.79 Å². The van der Waals surface area contributed by atoms with Crippen molar-refractivity contribution < 1.29 is 19.1 Å². The quantitative estimate of drug-likeness (QED) is 0.0938. The number of fused-ring (bicyclic) bond motifs is 1. The average Bonchev–Trinajstić information content (AvgIpc) is 3.28. The molecule has 2 atom stereocenters. The summed E-state index contributed by atoms with van der Waals surface area (Å²) in [6.07, 6.45) is 3.37. The third-order valence-electron chi connectivity index (χ3n) is 6.81. The van der Waals surface area contributed by atoms with Crippen LogP contribution in [0.2, 0.25) is 0 Å². The van der Waals surface area contributed by atoms with Crippen molar-refractivity contribution in [1.29, 1.82) is 0 Å². The molecule has 1 aliphatic rings. The lowest BCUT2D eigenvalue weighted by atomic mass is 9.88. The first kappa shape index (κ1) is 30.7. The predicted octanol–water partition coefficient (Wildman–Crippen LogP) is 7.57. The molecule has 10 heteroatoms. The van der Waals surface area contributed by atoms with Crippen molar-refractivity contribution in [3.05, 3.63) is 70.1 Å². The van der Waals surface area contributed by atoms with Gasteiger partial charge in [-0.1, -0.05) is 19.9 Å². The van der Waals surface area contributed by atoms with Crippen LogP contribution in [0.4, 0.5) is 16.4 Å². The number of amides is 1. The molecule has 0 aliphatic heterocycles. The lowest BCUT2D eigenvalue weighted by Crippen LogP contribution is -2.25. The Morgan fingerprint density at radius 1 is 1.07 bits per heavy atom. The Balaban J connectivity index is 1.42. The van der Waals surface area contributed by atoms with Gasteiger partial charge in [0.2, 0.25) is 5.91 Å². The zero-order valence-electron chi connectivity index (χ0n) is 23.7. The van der Waals surface area contributed by atoms with Crippen LogP contribution >= 0.6 is 35.3 Å². The normalized spacial score (nSPS) is 14.9. The fourth-order valence-electron chi connectivity index (χ4n) is 4.67. The van der Waals surface area contributed by atoms with E-state index in [4.69, 9.17) is 17.0 Å². The lowest BCUT2D eigenvalue weighted by Gasteiger charge is -2.18. The fourth-order valence-corrected chi connectivity index (χ4v) is 7.32. The summed E-state index contributed by atoms with van der Waals surface area (Å²) in [4.78, 5) is 39.9. The number of rotatable bonds is 10. The summed E-state index contributed by atoms with van der Waals surface area (Å²) >= 11 is 8.44. The molecule has 2 aromatic carbocycles. The van der Waals surface area contributed by atoms with E-state index >= 15 is 0 Å². The van der Waals surface area contributed by atoms with Crippen LogP contribution in [0.25, 0.3) is 0 Å². The highest BCUT2D eigenvalue weighted by Crippen LogP contribution is 2.40. The van der Waals surface area contributed by atoms with Crippen molar-refractivity contribution in [3.63, 3.8) is 0 Å². The molecule has 0 spiro atoms. The van der Waals surface area contributed by atoms with Crippen LogP contribution in [0.15, 0.2) is 53.4 Å². The number of ketones is 1. The molecule has 4 rings (SSSR count). The number of nitrogens with one attached hydrogen (secondary N) is 3. The second kappa shape index (κ2) is 14.1. The number of hydrogen-bond donors (Lipinski definition) is 3. The number of carbonyl (C=O) groups excluding carboxylic acids is 3. The summed E-state index contributed by atoms with van der Waals surface area (Å²) < 4.78 is 5.36. The lowest BCUT2D eigenvalue weighted by molar-refractivity contribution is -0.115. The van der Waals surface area contributed by atoms with Gasteiger partial charge < -0.3 is 20.7 Å². The third kappa shape index (κ3) is 7.96. The number of thiocarbonyl (C=S) groups is 1. The van der Waals surface area contributed by atoms with Crippen LogP contribution in [0.5, 0.6) is 0 Å². The number of esters is 1. The molecule has 0 bridgehead atoms. The Bertz CT molecular complexity index is 1430. The summed E-state index contributed by atoms with van der Waals surface area (Å²) in [7, 11) is 0. The first-order chi connectivity index (χ1) is 19.7. The van der Waals surface area contributed by atoms with E-state index in [2.05, 4.69) is 22.9 Å². The first-order valence-electron chi connectivity index (χ1n) is 13.8. The van der Waals surface area contributed by atoms with Crippen LogP contribution < -0.4 is 16.0 Å². The topological polar surface area (TPSA) is 96.5 Å². The molecule has 1 aromatic heterocycles. The molecule has 1 aliphatic carbocycles. The van der Waals surface area contributed by atoms with E-state index in [0.717, 1.165) is 41.1 Å². The van der Waals surface area contributed by atoms with Gasteiger partial charge in [-0.15, -0.1) is 23.1 Å². The van der Waals surface area contributed by atoms with Crippen LogP contribution in [0.1, 0.15) is 71.7 Å². The summed E-state index contributed by atoms with van der Waals surface area (Å²) in [5.41, 5.74) is 3.75. The predicted molar refractivity (Wildman–Crippen MR) is 173 cm³/mol. The Labute approximate surface area is 254 Å². The van der Waals surface area contributed by atoms with Gasteiger partial charge in [0.25, 0.3) is 0 Å². The second-order valence-electron chi connectivity index (χ2n) is 10.0. The van der Waals surface area contributed by atoms with Crippen molar-refractivity contribution in [1.82, 2.24) is 0 Å². The van der Waals surface area contributed by atoms with Gasteiger partial charge in [-0.3, -0.25) is 9.59 Å². The average molecular weight is 610 g/mol. The van der Waals surface area contributed by atoms with Gasteiger partial charge >= 0.3 is 5.97 Å². The maximum atomic E-state index is 13.4. The molecule has 0 saturated carbocycles. The van der Waals surface area contributed by atoms with E-state index in [9.17, 15) is 14.4 Å². The van der Waals surface area contributed by atoms with Crippen LogP contribution in [0, 0.1) is 5.92 Å². The molecule has 41 heavy (non-hydrogen) atoms. The Hall–Kier alpha value is -3.21.